The molecular weight excluding hydrogens is 341 g/mol. The van der Waals surface area contributed by atoms with Gasteiger partial charge in [-0.05, 0) is 50.2 Å². The Morgan fingerprint density at radius 2 is 2.04 bits per heavy atom. The number of benzene rings is 1. The first kappa shape index (κ1) is 16.0. The number of pyridine rings is 1. The Bertz CT molecular complexity index is 1190. The van der Waals surface area contributed by atoms with Crippen molar-refractivity contribution in [2.45, 2.75) is 18.8 Å². The highest BCUT2D eigenvalue weighted by atomic mass is 19.1. The number of hydrogen-bond donors (Lipinski definition) is 2. The molecule has 5 nitrogen and oxygen atoms in total. The number of fused-ring (bicyclic) bond motifs is 2. The molecule has 0 amide bonds. The lowest BCUT2D eigenvalue weighted by Crippen LogP contribution is -2.26. The number of H-pyrrole nitrogens is 1. The van der Waals surface area contributed by atoms with Crippen LogP contribution in [0.1, 0.15) is 30.0 Å². The van der Waals surface area contributed by atoms with E-state index in [2.05, 4.69) is 21.4 Å². The molecule has 1 fully saturated rings. The lowest BCUT2D eigenvalue weighted by molar-refractivity contribution is 0.454. The van der Waals surface area contributed by atoms with Gasteiger partial charge in [0.05, 0.1) is 17.3 Å². The van der Waals surface area contributed by atoms with Crippen LogP contribution >= 0.6 is 0 Å². The molecule has 27 heavy (non-hydrogen) atoms. The van der Waals surface area contributed by atoms with Crippen LogP contribution in [0.4, 0.5) is 4.39 Å². The van der Waals surface area contributed by atoms with Gasteiger partial charge in [0.1, 0.15) is 0 Å². The van der Waals surface area contributed by atoms with Crippen molar-refractivity contribution in [3.63, 3.8) is 0 Å². The van der Waals surface area contributed by atoms with E-state index in [0.717, 1.165) is 53.8 Å². The molecule has 5 rings (SSSR count). The normalized spacial score (nSPS) is 15.4. The number of halogens is 1. The first-order valence-corrected chi connectivity index (χ1v) is 9.14. The Balaban J connectivity index is 1.61. The second kappa shape index (κ2) is 6.22. The molecule has 0 saturated carbocycles. The van der Waals surface area contributed by atoms with Gasteiger partial charge in [-0.1, -0.05) is 6.07 Å². The van der Waals surface area contributed by atoms with Gasteiger partial charge in [0.25, 0.3) is 0 Å². The van der Waals surface area contributed by atoms with Gasteiger partial charge >= 0.3 is 0 Å². The summed E-state index contributed by atoms with van der Waals surface area (Å²) in [4.78, 5) is 7.84. The third-order valence-electron chi connectivity index (χ3n) is 5.38. The predicted octanol–water partition coefficient (Wildman–Crippen LogP) is 3.96. The molecule has 0 atom stereocenters. The van der Waals surface area contributed by atoms with Crippen molar-refractivity contribution in [3.05, 3.63) is 59.8 Å². The van der Waals surface area contributed by atoms with Crippen molar-refractivity contribution in [2.75, 3.05) is 13.1 Å². The number of hydrogen-bond acceptors (Lipinski definition) is 3. The molecule has 2 N–H and O–H groups in total. The zero-order chi connectivity index (χ0) is 18.4. The number of piperidine rings is 1. The van der Waals surface area contributed by atoms with Gasteiger partial charge < -0.3 is 14.7 Å². The van der Waals surface area contributed by atoms with Crippen molar-refractivity contribution in [2.24, 2.45) is 0 Å². The Morgan fingerprint density at radius 3 is 2.85 bits per heavy atom. The van der Waals surface area contributed by atoms with E-state index in [1.54, 1.807) is 10.5 Å². The van der Waals surface area contributed by atoms with E-state index in [-0.39, 0.29) is 5.82 Å². The van der Waals surface area contributed by atoms with Crippen molar-refractivity contribution in [3.8, 4) is 17.3 Å². The Labute approximate surface area is 155 Å². The molecule has 4 heterocycles. The van der Waals surface area contributed by atoms with Crippen LogP contribution in [0.3, 0.4) is 0 Å². The van der Waals surface area contributed by atoms with E-state index < -0.39 is 0 Å². The van der Waals surface area contributed by atoms with Crippen LogP contribution in [0.5, 0.6) is 0 Å². The summed E-state index contributed by atoms with van der Waals surface area (Å²) in [6.07, 6.45) is 5.89. The molecule has 1 aliphatic heterocycles. The lowest BCUT2D eigenvalue weighted by Gasteiger charge is -2.20. The third-order valence-corrected chi connectivity index (χ3v) is 5.38. The molecule has 6 heteroatoms. The summed E-state index contributed by atoms with van der Waals surface area (Å²) in [7, 11) is 0. The maximum Gasteiger partial charge on any atom is 0.173 e. The largest absolute Gasteiger partial charge is 0.354 e. The predicted molar refractivity (Wildman–Crippen MR) is 102 cm³/mol. The van der Waals surface area contributed by atoms with E-state index in [1.807, 2.05) is 30.6 Å². The Morgan fingerprint density at radius 1 is 1.19 bits per heavy atom. The molecule has 3 aromatic heterocycles. The summed E-state index contributed by atoms with van der Waals surface area (Å²) >= 11 is 0. The van der Waals surface area contributed by atoms with Gasteiger partial charge in [0, 0.05) is 40.5 Å². The highest BCUT2D eigenvalue weighted by Gasteiger charge is 2.20. The minimum atomic E-state index is -0.341. The van der Waals surface area contributed by atoms with Gasteiger partial charge in [-0.15, -0.1) is 0 Å². The summed E-state index contributed by atoms with van der Waals surface area (Å²) in [5, 5.41) is 13.5. The van der Waals surface area contributed by atoms with E-state index in [1.165, 1.54) is 6.07 Å². The van der Waals surface area contributed by atoms with Crippen LogP contribution in [-0.2, 0) is 0 Å². The summed E-state index contributed by atoms with van der Waals surface area (Å²) in [6, 6.07) is 11.1. The van der Waals surface area contributed by atoms with Gasteiger partial charge in [-0.2, -0.15) is 5.26 Å². The van der Waals surface area contributed by atoms with Crippen LogP contribution < -0.4 is 5.32 Å². The SMILES string of the molecule is N#Cc1cccc2[nH]c(-c3cc(F)c4nc(C5CCNCC5)cn4c3)cc12. The molecule has 1 aromatic carbocycles. The number of aromatic nitrogens is 3. The van der Waals surface area contributed by atoms with Crippen LogP contribution in [-0.4, -0.2) is 27.5 Å². The van der Waals surface area contributed by atoms with Gasteiger partial charge in [-0.3, -0.25) is 0 Å². The van der Waals surface area contributed by atoms with Crippen LogP contribution in [0.25, 0.3) is 27.8 Å². The van der Waals surface area contributed by atoms with E-state index in [4.69, 9.17) is 0 Å². The summed E-state index contributed by atoms with van der Waals surface area (Å²) in [6.45, 7) is 1.95. The second-order valence-electron chi connectivity index (χ2n) is 7.06. The molecule has 0 radical (unpaired) electrons. The molecule has 4 aromatic rings. The van der Waals surface area contributed by atoms with E-state index >= 15 is 0 Å². The molecule has 1 saturated heterocycles. The summed E-state index contributed by atoms with van der Waals surface area (Å²) < 4.78 is 16.5. The molecule has 0 bridgehead atoms. The standard InChI is InChI=1S/C21H18FN5/c22-17-8-15(19-9-16-14(10-23)2-1-3-18(16)25-19)11-27-12-20(26-21(17)27)13-4-6-24-7-5-13/h1-3,8-9,11-13,24-25H,4-7H2. The third kappa shape index (κ3) is 2.68. The van der Waals surface area contributed by atoms with Gasteiger partial charge in [0.2, 0.25) is 0 Å². The average molecular weight is 359 g/mol. The number of aromatic amines is 1. The van der Waals surface area contributed by atoms with Gasteiger partial charge in [0.15, 0.2) is 11.5 Å². The fourth-order valence-electron chi connectivity index (χ4n) is 3.95. The average Bonchev–Trinajstić information content (AvgIpc) is 3.33. The zero-order valence-electron chi connectivity index (χ0n) is 14.7. The molecule has 0 unspecified atom stereocenters. The fourth-order valence-corrected chi connectivity index (χ4v) is 3.95. The van der Waals surface area contributed by atoms with Crippen molar-refractivity contribution < 1.29 is 4.39 Å². The quantitative estimate of drug-likeness (QED) is 0.569. The van der Waals surface area contributed by atoms with Crippen molar-refractivity contribution >= 4 is 16.6 Å². The highest BCUT2D eigenvalue weighted by molar-refractivity contribution is 5.90. The first-order chi connectivity index (χ1) is 13.2. The second-order valence-corrected chi connectivity index (χ2v) is 7.06. The lowest BCUT2D eigenvalue weighted by atomic mass is 9.95. The summed E-state index contributed by atoms with van der Waals surface area (Å²) in [5.74, 6) is 0.0344. The maximum absolute atomic E-state index is 14.8. The Hall–Kier alpha value is -3.17. The zero-order valence-corrected chi connectivity index (χ0v) is 14.7. The minimum absolute atomic E-state index is 0.341. The summed E-state index contributed by atoms with van der Waals surface area (Å²) in [5.41, 5.74) is 4.30. The smallest absolute Gasteiger partial charge is 0.173 e. The number of nitrogens with one attached hydrogen (secondary N) is 2. The highest BCUT2D eigenvalue weighted by Crippen LogP contribution is 2.29. The van der Waals surface area contributed by atoms with E-state index in [9.17, 15) is 9.65 Å². The maximum atomic E-state index is 14.8. The van der Waals surface area contributed by atoms with E-state index in [0.29, 0.717) is 17.1 Å². The number of imidazole rings is 1. The molecular formula is C21H18FN5. The number of nitrogens with zero attached hydrogens (tertiary/aromatic N) is 3. The molecule has 0 aliphatic carbocycles. The first-order valence-electron chi connectivity index (χ1n) is 9.14. The van der Waals surface area contributed by atoms with Crippen LogP contribution in [0, 0.1) is 17.1 Å². The van der Waals surface area contributed by atoms with Crippen molar-refractivity contribution in [1.29, 1.82) is 5.26 Å². The minimum Gasteiger partial charge on any atom is -0.354 e. The fraction of sp³-hybridized carbons (Fsp3) is 0.238. The monoisotopic (exact) mass is 359 g/mol. The van der Waals surface area contributed by atoms with Crippen LogP contribution in [0.15, 0.2) is 42.7 Å². The number of nitriles is 1. The number of rotatable bonds is 2. The molecule has 1 aliphatic rings. The molecule has 134 valence electrons. The van der Waals surface area contributed by atoms with Gasteiger partial charge in [-0.25, -0.2) is 9.37 Å². The topological polar surface area (TPSA) is 68.9 Å². The van der Waals surface area contributed by atoms with Crippen molar-refractivity contribution in [1.82, 2.24) is 19.7 Å². The van der Waals surface area contributed by atoms with Crippen LogP contribution in [0.2, 0.25) is 0 Å². The molecule has 0 spiro atoms. The Kier molecular flexibility index (Phi) is 3.69.